The van der Waals surface area contributed by atoms with E-state index < -0.39 is 35.1 Å². The Labute approximate surface area is 237 Å². The molecule has 0 aromatic heterocycles. The summed E-state index contributed by atoms with van der Waals surface area (Å²) in [6, 6.07) is 8.25. The summed E-state index contributed by atoms with van der Waals surface area (Å²) < 4.78 is 7.04. The maximum Gasteiger partial charge on any atom is 0.249 e. The van der Waals surface area contributed by atoms with Crippen molar-refractivity contribution in [3.8, 4) is 0 Å². The molecule has 216 valence electrons. The summed E-state index contributed by atoms with van der Waals surface area (Å²) in [5.74, 6) is -2.25. The number of aliphatic hydroxyl groups is 1. The molecular formula is C32H43N3O5. The second-order valence-corrected chi connectivity index (χ2v) is 11.8. The van der Waals surface area contributed by atoms with Crippen LogP contribution in [-0.4, -0.2) is 87.1 Å². The summed E-state index contributed by atoms with van der Waals surface area (Å²) in [7, 11) is 0. The van der Waals surface area contributed by atoms with Crippen LogP contribution >= 0.6 is 0 Å². The third-order valence-electron chi connectivity index (χ3n) is 9.60. The number of nitrogens with zero attached hydrogens (tertiary/aromatic N) is 3. The molecule has 2 fully saturated rings. The lowest BCUT2D eigenvalue weighted by Gasteiger charge is -2.42. The lowest BCUT2D eigenvalue weighted by atomic mass is 9.73. The Balaban J connectivity index is 1.66. The zero-order valence-corrected chi connectivity index (χ0v) is 24.2. The average molecular weight is 550 g/mol. The van der Waals surface area contributed by atoms with Gasteiger partial charge in [-0.1, -0.05) is 88.8 Å². The molecule has 1 unspecified atom stereocenters. The maximum absolute atomic E-state index is 14.7. The fourth-order valence-corrected chi connectivity index (χ4v) is 7.39. The lowest BCUT2D eigenvalue weighted by molar-refractivity contribution is -0.158. The van der Waals surface area contributed by atoms with Crippen LogP contribution in [0.2, 0.25) is 0 Å². The minimum absolute atomic E-state index is 0.0512. The van der Waals surface area contributed by atoms with Gasteiger partial charge < -0.3 is 24.5 Å². The van der Waals surface area contributed by atoms with Crippen LogP contribution in [0.25, 0.3) is 0 Å². The van der Waals surface area contributed by atoms with Crippen LogP contribution in [0.15, 0.2) is 54.6 Å². The van der Waals surface area contributed by atoms with Gasteiger partial charge in [0.25, 0.3) is 0 Å². The first-order chi connectivity index (χ1) is 19.3. The molecule has 7 atom stereocenters. The Morgan fingerprint density at radius 2 is 1.65 bits per heavy atom. The van der Waals surface area contributed by atoms with Crippen molar-refractivity contribution in [2.75, 3.05) is 26.2 Å². The van der Waals surface area contributed by atoms with Gasteiger partial charge in [0.1, 0.15) is 11.6 Å². The predicted molar refractivity (Wildman–Crippen MR) is 152 cm³/mol. The number of hydrogen-bond donors (Lipinski definition) is 1. The summed E-state index contributed by atoms with van der Waals surface area (Å²) in [5, 5.41) is 10.6. The standard InChI is InChI=1S/C32H43N3O5/c1-5-17-33-18-11-15-31(7-3)25(28(33)37)26-29(38)35(24(21-36)22(4)6-2)27-30(39)34(19-12-16-32(26,27)40-31)20-23-13-9-8-10-14-23/h8-16,22,24-27,36H,5-7,17-21H2,1-4H3/t22-,24-,25+,26-,27?,31-,32-/m0/s1. The highest BCUT2D eigenvalue weighted by molar-refractivity contribution is 6.00. The van der Waals surface area contributed by atoms with Gasteiger partial charge in [0.2, 0.25) is 17.7 Å². The molecule has 1 spiro atoms. The van der Waals surface area contributed by atoms with Gasteiger partial charge in [-0.2, -0.15) is 0 Å². The average Bonchev–Trinajstić information content (AvgIpc) is 3.26. The van der Waals surface area contributed by atoms with Crippen molar-refractivity contribution in [2.45, 2.75) is 76.8 Å². The molecule has 4 aliphatic heterocycles. The van der Waals surface area contributed by atoms with Crippen LogP contribution in [0.4, 0.5) is 0 Å². The SMILES string of the molecule is CCCN1CC=C[C@]2(CC)O[C@]34C=CCN(Cc5ccccc5)C(=O)C3N([C@@H](CO)[C@@H](C)CC)C(=O)[C@@H]4[C@@H]2C1=O. The molecule has 0 aliphatic carbocycles. The minimum atomic E-state index is -1.31. The van der Waals surface area contributed by atoms with E-state index in [4.69, 9.17) is 4.74 Å². The summed E-state index contributed by atoms with van der Waals surface area (Å²) in [5.41, 5.74) is -1.31. The van der Waals surface area contributed by atoms with Crippen molar-refractivity contribution in [3.05, 3.63) is 60.2 Å². The first-order valence-corrected chi connectivity index (χ1v) is 14.9. The monoisotopic (exact) mass is 549 g/mol. The van der Waals surface area contributed by atoms with Crippen LogP contribution in [0.3, 0.4) is 0 Å². The zero-order valence-electron chi connectivity index (χ0n) is 24.2. The normalized spacial score (nSPS) is 33.0. The number of hydrogen-bond acceptors (Lipinski definition) is 5. The molecule has 3 amide bonds. The van der Waals surface area contributed by atoms with Crippen LogP contribution < -0.4 is 0 Å². The van der Waals surface area contributed by atoms with E-state index in [2.05, 4.69) is 0 Å². The van der Waals surface area contributed by atoms with E-state index >= 15 is 0 Å². The number of ether oxygens (including phenoxy) is 1. The number of fused-ring (bicyclic) bond motifs is 2. The molecule has 0 bridgehead atoms. The first-order valence-electron chi connectivity index (χ1n) is 14.9. The van der Waals surface area contributed by atoms with E-state index in [1.54, 1.807) is 9.80 Å². The van der Waals surface area contributed by atoms with E-state index in [9.17, 15) is 19.5 Å². The fourth-order valence-electron chi connectivity index (χ4n) is 7.39. The maximum atomic E-state index is 14.7. The molecule has 8 heteroatoms. The van der Waals surface area contributed by atoms with Crippen molar-refractivity contribution < 1.29 is 24.2 Å². The Morgan fingerprint density at radius 1 is 0.950 bits per heavy atom. The molecular weight excluding hydrogens is 506 g/mol. The third kappa shape index (κ3) is 4.31. The molecule has 0 saturated carbocycles. The van der Waals surface area contributed by atoms with E-state index in [0.29, 0.717) is 32.6 Å². The summed E-state index contributed by atoms with van der Waals surface area (Å²) in [6.07, 6.45) is 9.80. The van der Waals surface area contributed by atoms with E-state index in [1.807, 2.05) is 87.2 Å². The van der Waals surface area contributed by atoms with E-state index in [-0.39, 0.29) is 30.2 Å². The number of rotatable bonds is 9. The topological polar surface area (TPSA) is 90.4 Å². The molecule has 40 heavy (non-hydrogen) atoms. The Bertz CT molecular complexity index is 1180. The third-order valence-corrected chi connectivity index (χ3v) is 9.60. The van der Waals surface area contributed by atoms with Gasteiger partial charge in [-0.15, -0.1) is 0 Å². The van der Waals surface area contributed by atoms with Gasteiger partial charge in [-0.3, -0.25) is 14.4 Å². The molecule has 8 nitrogen and oxygen atoms in total. The van der Waals surface area contributed by atoms with Crippen LogP contribution in [0, 0.1) is 17.8 Å². The largest absolute Gasteiger partial charge is 0.394 e. The van der Waals surface area contributed by atoms with Crippen LogP contribution in [0.5, 0.6) is 0 Å². The van der Waals surface area contributed by atoms with Crippen molar-refractivity contribution in [1.29, 1.82) is 0 Å². The molecule has 4 heterocycles. The highest BCUT2D eigenvalue weighted by Gasteiger charge is 2.76. The van der Waals surface area contributed by atoms with Gasteiger partial charge in [0.15, 0.2) is 0 Å². The minimum Gasteiger partial charge on any atom is -0.394 e. The highest BCUT2D eigenvalue weighted by atomic mass is 16.5. The zero-order chi connectivity index (χ0) is 28.7. The van der Waals surface area contributed by atoms with Crippen molar-refractivity contribution in [2.24, 2.45) is 17.8 Å². The second-order valence-electron chi connectivity index (χ2n) is 11.8. The Morgan fingerprint density at radius 3 is 2.30 bits per heavy atom. The van der Waals surface area contributed by atoms with Gasteiger partial charge in [-0.05, 0) is 24.3 Å². The van der Waals surface area contributed by atoms with Gasteiger partial charge in [0.05, 0.1) is 30.1 Å². The smallest absolute Gasteiger partial charge is 0.249 e. The Hall–Kier alpha value is -2.97. The first kappa shape index (κ1) is 28.6. The quantitative estimate of drug-likeness (QED) is 0.478. The molecule has 1 aromatic carbocycles. The number of carbonyl (C=O) groups excluding carboxylic acids is 3. The molecule has 1 N–H and O–H groups in total. The van der Waals surface area contributed by atoms with E-state index in [1.165, 1.54) is 0 Å². The summed E-state index contributed by atoms with van der Waals surface area (Å²) in [6.45, 7) is 9.58. The second kappa shape index (κ2) is 11.1. The predicted octanol–water partition coefficient (Wildman–Crippen LogP) is 3.16. The molecule has 2 saturated heterocycles. The number of benzene rings is 1. The fraction of sp³-hybridized carbons (Fsp3) is 0.594. The van der Waals surface area contributed by atoms with Gasteiger partial charge in [0, 0.05) is 26.2 Å². The van der Waals surface area contributed by atoms with Crippen molar-refractivity contribution in [1.82, 2.24) is 14.7 Å². The van der Waals surface area contributed by atoms with Crippen molar-refractivity contribution >= 4 is 17.7 Å². The van der Waals surface area contributed by atoms with E-state index in [0.717, 1.165) is 18.4 Å². The van der Waals surface area contributed by atoms with Gasteiger partial charge in [-0.25, -0.2) is 0 Å². The van der Waals surface area contributed by atoms with Crippen LogP contribution in [-0.2, 0) is 25.7 Å². The summed E-state index contributed by atoms with van der Waals surface area (Å²) in [4.78, 5) is 48.6. The number of amides is 3. The molecule has 0 radical (unpaired) electrons. The lowest BCUT2D eigenvalue weighted by Crippen LogP contribution is -2.59. The summed E-state index contributed by atoms with van der Waals surface area (Å²) >= 11 is 0. The molecule has 5 rings (SSSR count). The van der Waals surface area contributed by atoms with Crippen LogP contribution in [0.1, 0.15) is 52.5 Å². The van der Waals surface area contributed by atoms with Gasteiger partial charge >= 0.3 is 0 Å². The molecule has 1 aromatic rings. The highest BCUT2D eigenvalue weighted by Crippen LogP contribution is 2.59. The number of carbonyl (C=O) groups is 3. The number of likely N-dealkylation sites (tertiary alicyclic amines) is 1. The number of aliphatic hydroxyl groups excluding tert-OH is 1. The molecule has 4 aliphatic rings. The Kier molecular flexibility index (Phi) is 7.94. The van der Waals surface area contributed by atoms with Crippen molar-refractivity contribution in [3.63, 3.8) is 0 Å².